The number of rotatable bonds is 17. The summed E-state index contributed by atoms with van der Waals surface area (Å²) in [5.74, 6) is -0.603. The second-order valence-electron chi connectivity index (χ2n) is 10.8. The molecule has 1 aliphatic heterocycles. The summed E-state index contributed by atoms with van der Waals surface area (Å²) in [6, 6.07) is 17.2. The minimum Gasteiger partial charge on any atom is -0.497 e. The van der Waals surface area contributed by atoms with Gasteiger partial charge in [-0.25, -0.2) is 9.78 Å². The molecule has 0 aliphatic carbocycles. The van der Waals surface area contributed by atoms with Crippen molar-refractivity contribution in [2.45, 2.75) is 56.3 Å². The second kappa shape index (κ2) is 15.2. The van der Waals surface area contributed by atoms with Gasteiger partial charge in [-0.2, -0.15) is 11.8 Å². The van der Waals surface area contributed by atoms with E-state index in [9.17, 15) is 19.5 Å². The molecule has 2 heterocycles. The van der Waals surface area contributed by atoms with Gasteiger partial charge in [-0.1, -0.05) is 42.5 Å². The summed E-state index contributed by atoms with van der Waals surface area (Å²) in [6.45, 7) is 0.960. The van der Waals surface area contributed by atoms with Crippen LogP contribution < -0.4 is 15.4 Å². The Morgan fingerprint density at radius 3 is 2.56 bits per heavy atom. The van der Waals surface area contributed by atoms with Gasteiger partial charge in [-0.05, 0) is 61.1 Å². The van der Waals surface area contributed by atoms with Crippen molar-refractivity contribution in [3.8, 4) is 5.75 Å². The Balaban J connectivity index is 1.46. The molecule has 4 rings (SSSR count). The molecule has 1 aliphatic rings. The Hall–Kier alpha value is -3.67. The number of methoxy groups -OCH3 is 1. The number of ketones is 1. The fraction of sp³-hybridized carbons (Fsp3) is 0.438. The van der Waals surface area contributed by atoms with Crippen LogP contribution in [-0.4, -0.2) is 75.9 Å². The third-order valence-corrected chi connectivity index (χ3v) is 8.44. The van der Waals surface area contributed by atoms with E-state index in [2.05, 4.69) is 15.6 Å². The van der Waals surface area contributed by atoms with Crippen LogP contribution in [0.3, 0.4) is 0 Å². The quantitative estimate of drug-likeness (QED) is 0.197. The largest absolute Gasteiger partial charge is 0.497 e. The Labute approximate surface area is 256 Å². The lowest BCUT2D eigenvalue weighted by molar-refractivity contribution is -0.179. The number of carboxylic acids is 1. The predicted molar refractivity (Wildman–Crippen MR) is 165 cm³/mol. The van der Waals surface area contributed by atoms with E-state index in [-0.39, 0.29) is 31.7 Å². The summed E-state index contributed by atoms with van der Waals surface area (Å²) in [4.78, 5) is 43.8. The monoisotopic (exact) mass is 608 g/mol. The van der Waals surface area contributed by atoms with Gasteiger partial charge in [-0.3, -0.25) is 9.59 Å². The third kappa shape index (κ3) is 8.46. The molecule has 0 saturated carbocycles. The average molecular weight is 609 g/mol. The Morgan fingerprint density at radius 1 is 1.14 bits per heavy atom. The molecule has 3 aromatic rings. The average Bonchev–Trinajstić information content (AvgIpc) is 3.68. The van der Waals surface area contributed by atoms with E-state index in [4.69, 9.17) is 9.47 Å². The molecule has 0 spiro atoms. The number of carbonyl (C=O) groups excluding carboxylic acids is 2. The third-order valence-electron chi connectivity index (χ3n) is 7.82. The lowest BCUT2D eigenvalue weighted by Crippen LogP contribution is -2.61. The van der Waals surface area contributed by atoms with E-state index >= 15 is 0 Å². The Morgan fingerprint density at radius 2 is 1.91 bits per heavy atom. The summed E-state index contributed by atoms with van der Waals surface area (Å²) >= 11 is 1.46. The number of Topliss-reactive ketones (excluding diaryl/α,β-unsaturated/α-hetero) is 1. The SMILES string of the molecule is COc1ccc(Cn2cncc2CC(=O)[C@@]2(CO[C@@](CCSC)(NC(=O)CCc3ccccc3)C(=O)O)CCCN2)cc1. The Kier molecular flexibility index (Phi) is 11.4. The first-order valence-corrected chi connectivity index (χ1v) is 15.8. The van der Waals surface area contributed by atoms with Gasteiger partial charge in [-0.15, -0.1) is 0 Å². The maximum atomic E-state index is 13.9. The van der Waals surface area contributed by atoms with E-state index in [0.29, 0.717) is 31.7 Å². The van der Waals surface area contributed by atoms with Crippen LogP contribution >= 0.6 is 11.8 Å². The lowest BCUT2D eigenvalue weighted by atomic mass is 9.90. The number of carboxylic acid groups (broad SMARTS) is 1. The number of amides is 1. The Bertz CT molecular complexity index is 1360. The molecule has 1 aromatic heterocycles. The number of hydrogen-bond donors (Lipinski definition) is 3. The predicted octanol–water partition coefficient (Wildman–Crippen LogP) is 3.47. The first-order valence-electron chi connectivity index (χ1n) is 14.4. The molecule has 0 bridgehead atoms. The maximum absolute atomic E-state index is 13.9. The van der Waals surface area contributed by atoms with Gasteiger partial charge in [0, 0.05) is 31.3 Å². The summed E-state index contributed by atoms with van der Waals surface area (Å²) in [6.07, 6.45) is 7.22. The minimum absolute atomic E-state index is 0.0550. The van der Waals surface area contributed by atoms with Crippen molar-refractivity contribution in [3.63, 3.8) is 0 Å². The van der Waals surface area contributed by atoms with Crippen LogP contribution in [0.15, 0.2) is 67.1 Å². The van der Waals surface area contributed by atoms with Crippen LogP contribution in [0.1, 0.15) is 42.5 Å². The van der Waals surface area contributed by atoms with Gasteiger partial charge in [0.15, 0.2) is 5.78 Å². The molecule has 11 heteroatoms. The first-order chi connectivity index (χ1) is 20.8. The first kappa shape index (κ1) is 32.2. The number of aromatic nitrogens is 2. The van der Waals surface area contributed by atoms with Crippen molar-refractivity contribution in [3.05, 3.63) is 83.9 Å². The van der Waals surface area contributed by atoms with Crippen molar-refractivity contribution in [2.75, 3.05) is 32.3 Å². The van der Waals surface area contributed by atoms with Crippen LogP contribution in [0.25, 0.3) is 0 Å². The lowest BCUT2D eigenvalue weighted by Gasteiger charge is -2.35. The van der Waals surface area contributed by atoms with Crippen molar-refractivity contribution < 1.29 is 29.0 Å². The fourth-order valence-corrected chi connectivity index (χ4v) is 5.71. The molecule has 1 fully saturated rings. The zero-order chi connectivity index (χ0) is 30.7. The van der Waals surface area contributed by atoms with E-state index in [0.717, 1.165) is 29.0 Å². The van der Waals surface area contributed by atoms with Crippen LogP contribution in [0.2, 0.25) is 0 Å². The molecule has 1 saturated heterocycles. The topological polar surface area (TPSA) is 132 Å². The number of imidazole rings is 1. The standard InChI is InChI=1S/C32H40N4O6S/c1-41-27-12-9-25(10-13-27)21-36-23-33-20-26(36)19-28(37)31(15-6-17-34-31)22-42-32(30(39)40,16-18-43-2)35-29(38)14-11-24-7-4-3-5-8-24/h3-5,7-10,12-13,20,23,34H,6,11,14-19,21-22H2,1-2H3,(H,35,38)(H,39,40)/t31-,32+/m0/s1. The normalized spacial score (nSPS) is 17.7. The smallest absolute Gasteiger partial charge is 0.357 e. The summed E-state index contributed by atoms with van der Waals surface area (Å²) in [7, 11) is 1.62. The van der Waals surface area contributed by atoms with Gasteiger partial charge >= 0.3 is 5.97 Å². The number of aryl methyl sites for hydroxylation is 1. The van der Waals surface area contributed by atoms with Gasteiger partial charge < -0.3 is 29.8 Å². The summed E-state index contributed by atoms with van der Waals surface area (Å²) in [5, 5.41) is 16.3. The number of thioether (sulfide) groups is 1. The van der Waals surface area contributed by atoms with Crippen molar-refractivity contribution in [2.24, 2.45) is 0 Å². The molecule has 3 N–H and O–H groups in total. The number of carbonyl (C=O) groups is 3. The minimum atomic E-state index is -1.95. The molecular formula is C32H40N4O6S. The van der Waals surface area contributed by atoms with Gasteiger partial charge in [0.25, 0.3) is 0 Å². The van der Waals surface area contributed by atoms with E-state index < -0.39 is 23.1 Å². The number of hydrogen-bond acceptors (Lipinski definition) is 8. The molecule has 0 radical (unpaired) electrons. The maximum Gasteiger partial charge on any atom is 0.357 e. The highest BCUT2D eigenvalue weighted by molar-refractivity contribution is 7.98. The number of nitrogens with zero attached hydrogens (tertiary/aromatic N) is 2. The molecule has 2 aromatic carbocycles. The molecule has 10 nitrogen and oxygen atoms in total. The second-order valence-corrected chi connectivity index (χ2v) is 11.8. The highest BCUT2D eigenvalue weighted by atomic mass is 32.2. The van der Waals surface area contributed by atoms with Crippen LogP contribution in [0.4, 0.5) is 0 Å². The molecule has 0 unspecified atom stereocenters. The van der Waals surface area contributed by atoms with Crippen LogP contribution in [0.5, 0.6) is 5.75 Å². The van der Waals surface area contributed by atoms with Gasteiger partial charge in [0.2, 0.25) is 11.6 Å². The molecule has 1 amide bonds. The number of nitrogens with one attached hydrogen (secondary N) is 2. The number of ether oxygens (including phenoxy) is 2. The molecule has 230 valence electrons. The highest BCUT2D eigenvalue weighted by Gasteiger charge is 2.47. The van der Waals surface area contributed by atoms with E-state index in [1.54, 1.807) is 19.6 Å². The number of benzene rings is 2. The molecule has 43 heavy (non-hydrogen) atoms. The zero-order valence-corrected chi connectivity index (χ0v) is 25.5. The van der Waals surface area contributed by atoms with Gasteiger partial charge in [0.1, 0.15) is 11.3 Å². The number of aliphatic carboxylic acids is 1. The molecular weight excluding hydrogens is 568 g/mol. The van der Waals surface area contributed by atoms with Gasteiger partial charge in [0.05, 0.1) is 26.5 Å². The fourth-order valence-electron chi connectivity index (χ4n) is 5.22. The summed E-state index contributed by atoms with van der Waals surface area (Å²) < 4.78 is 13.3. The summed E-state index contributed by atoms with van der Waals surface area (Å²) in [5.41, 5.74) is -0.272. The molecule has 2 atom stereocenters. The van der Waals surface area contributed by atoms with E-state index in [1.807, 2.05) is 65.4 Å². The van der Waals surface area contributed by atoms with Crippen molar-refractivity contribution in [1.29, 1.82) is 0 Å². The highest BCUT2D eigenvalue weighted by Crippen LogP contribution is 2.27. The van der Waals surface area contributed by atoms with Crippen molar-refractivity contribution in [1.82, 2.24) is 20.2 Å². The van der Waals surface area contributed by atoms with Crippen molar-refractivity contribution >= 4 is 29.4 Å². The zero-order valence-electron chi connectivity index (χ0n) is 24.7. The van der Waals surface area contributed by atoms with Crippen LogP contribution in [-0.2, 0) is 38.5 Å². The van der Waals surface area contributed by atoms with Crippen LogP contribution in [0, 0.1) is 0 Å². The van der Waals surface area contributed by atoms with E-state index in [1.165, 1.54) is 11.8 Å².